The van der Waals surface area contributed by atoms with Crippen LogP contribution in [0.15, 0.2) is 18.2 Å². The number of para-hydroxylation sites is 1. The average Bonchev–Trinajstić information content (AvgIpc) is 2.76. The van der Waals surface area contributed by atoms with E-state index in [1.54, 1.807) is 16.8 Å². The maximum absolute atomic E-state index is 2.75. The van der Waals surface area contributed by atoms with Gasteiger partial charge in [-0.2, -0.15) is 0 Å². The zero-order valence-corrected chi connectivity index (χ0v) is 12.1. The largest absolute Gasteiger partial charge is 0.367 e. The number of aryl methyl sites for hydroxylation is 1. The second-order valence-corrected chi connectivity index (χ2v) is 6.70. The molecule has 0 aromatic heterocycles. The highest BCUT2D eigenvalue weighted by Crippen LogP contribution is 2.48. The van der Waals surface area contributed by atoms with Crippen LogP contribution in [0.2, 0.25) is 0 Å². The van der Waals surface area contributed by atoms with Gasteiger partial charge in [-0.25, -0.2) is 0 Å². The van der Waals surface area contributed by atoms with Crippen molar-refractivity contribution in [1.29, 1.82) is 0 Å². The Morgan fingerprint density at radius 1 is 1.21 bits per heavy atom. The van der Waals surface area contributed by atoms with Gasteiger partial charge in [0.2, 0.25) is 0 Å². The molecule has 4 rings (SSSR count). The molecule has 1 fully saturated rings. The molecule has 0 amide bonds. The monoisotopic (exact) mass is 256 g/mol. The lowest BCUT2D eigenvalue weighted by Crippen LogP contribution is -2.48. The normalized spacial score (nSPS) is 29.5. The van der Waals surface area contributed by atoms with Gasteiger partial charge >= 0.3 is 0 Å². The van der Waals surface area contributed by atoms with E-state index in [1.807, 2.05) is 0 Å². The van der Waals surface area contributed by atoms with Crippen LogP contribution in [0, 0.1) is 0 Å². The summed E-state index contributed by atoms with van der Waals surface area (Å²) in [4.78, 5) is 5.41. The molecular weight excluding hydrogens is 232 g/mol. The van der Waals surface area contributed by atoms with Crippen LogP contribution < -0.4 is 4.90 Å². The van der Waals surface area contributed by atoms with Crippen molar-refractivity contribution in [3.63, 3.8) is 0 Å². The molecule has 3 aliphatic rings. The first-order chi connectivity index (χ1) is 9.25. The van der Waals surface area contributed by atoms with Gasteiger partial charge in [-0.3, -0.25) is 0 Å². The van der Waals surface area contributed by atoms with E-state index >= 15 is 0 Å². The summed E-state index contributed by atoms with van der Waals surface area (Å²) in [6.45, 7) is 8.49. The fraction of sp³-hybridized carbons (Fsp3) is 0.647. The van der Waals surface area contributed by atoms with E-state index in [4.69, 9.17) is 0 Å². The van der Waals surface area contributed by atoms with E-state index < -0.39 is 0 Å². The molecule has 0 spiro atoms. The van der Waals surface area contributed by atoms with Gasteiger partial charge in [0.1, 0.15) is 0 Å². The standard InChI is InChI=1S/C17H24N2/c1-12(2)18-10-8-16-15(11-18)14-7-3-5-13-6-4-9-19(16)17(13)14/h3,5,7,12,15-16H,4,6,8-11H2,1-2H3. The van der Waals surface area contributed by atoms with Gasteiger partial charge in [0.05, 0.1) is 0 Å². The summed E-state index contributed by atoms with van der Waals surface area (Å²) in [5.41, 5.74) is 4.87. The molecule has 2 nitrogen and oxygen atoms in total. The lowest BCUT2D eigenvalue weighted by Gasteiger charge is -2.41. The molecule has 0 radical (unpaired) electrons. The van der Waals surface area contributed by atoms with E-state index in [2.05, 4.69) is 41.8 Å². The molecule has 0 saturated carbocycles. The van der Waals surface area contributed by atoms with Crippen LogP contribution in [0.5, 0.6) is 0 Å². The summed E-state index contributed by atoms with van der Waals surface area (Å²) in [7, 11) is 0. The Bertz CT molecular complexity index is 494. The SMILES string of the molecule is CC(C)N1CCC2C(C1)c1cccc3c1N2CCC3. The van der Waals surface area contributed by atoms with Gasteiger partial charge in [0.15, 0.2) is 0 Å². The quantitative estimate of drug-likeness (QED) is 0.762. The molecule has 0 aliphatic carbocycles. The van der Waals surface area contributed by atoms with Gasteiger partial charge in [0, 0.05) is 43.3 Å². The van der Waals surface area contributed by atoms with Crippen molar-refractivity contribution in [2.75, 3.05) is 24.5 Å². The molecule has 2 atom stereocenters. The molecule has 3 heterocycles. The van der Waals surface area contributed by atoms with Crippen LogP contribution in [-0.2, 0) is 6.42 Å². The third-order valence-corrected chi connectivity index (χ3v) is 5.42. The number of benzene rings is 1. The Kier molecular flexibility index (Phi) is 2.63. The number of rotatable bonds is 1. The Morgan fingerprint density at radius 2 is 2.11 bits per heavy atom. The molecule has 1 aromatic carbocycles. The zero-order valence-electron chi connectivity index (χ0n) is 12.1. The van der Waals surface area contributed by atoms with Crippen molar-refractivity contribution in [3.05, 3.63) is 29.3 Å². The maximum atomic E-state index is 2.75. The third-order valence-electron chi connectivity index (χ3n) is 5.42. The predicted octanol–water partition coefficient (Wildman–Crippen LogP) is 3.02. The second kappa shape index (κ2) is 4.24. The maximum Gasteiger partial charge on any atom is 0.0438 e. The molecule has 19 heavy (non-hydrogen) atoms. The number of nitrogens with zero attached hydrogens (tertiary/aromatic N) is 2. The van der Waals surface area contributed by atoms with E-state index in [0.29, 0.717) is 6.04 Å². The summed E-state index contributed by atoms with van der Waals surface area (Å²) >= 11 is 0. The summed E-state index contributed by atoms with van der Waals surface area (Å²) in [6.07, 6.45) is 3.97. The van der Waals surface area contributed by atoms with Crippen LogP contribution in [0.1, 0.15) is 43.7 Å². The van der Waals surface area contributed by atoms with Gasteiger partial charge < -0.3 is 9.80 Å². The Morgan fingerprint density at radius 3 is 2.95 bits per heavy atom. The van der Waals surface area contributed by atoms with Gasteiger partial charge in [-0.1, -0.05) is 18.2 Å². The Labute approximate surface area is 116 Å². The van der Waals surface area contributed by atoms with Gasteiger partial charge in [0.25, 0.3) is 0 Å². The topological polar surface area (TPSA) is 6.48 Å². The van der Waals surface area contributed by atoms with Gasteiger partial charge in [-0.05, 0) is 44.2 Å². The molecule has 102 valence electrons. The van der Waals surface area contributed by atoms with Crippen molar-refractivity contribution in [2.45, 2.75) is 51.1 Å². The minimum absolute atomic E-state index is 0.687. The van der Waals surface area contributed by atoms with E-state index in [1.165, 1.54) is 38.9 Å². The summed E-state index contributed by atoms with van der Waals surface area (Å²) in [5.74, 6) is 0.754. The van der Waals surface area contributed by atoms with Crippen molar-refractivity contribution < 1.29 is 0 Å². The molecule has 2 heteroatoms. The highest BCUT2D eigenvalue weighted by Gasteiger charge is 2.43. The van der Waals surface area contributed by atoms with Gasteiger partial charge in [-0.15, -0.1) is 0 Å². The Hall–Kier alpha value is -1.02. The molecule has 1 saturated heterocycles. The summed E-state index contributed by atoms with van der Waals surface area (Å²) in [6, 6.07) is 8.50. The first-order valence-corrected chi connectivity index (χ1v) is 7.88. The van der Waals surface area contributed by atoms with Crippen molar-refractivity contribution in [1.82, 2.24) is 4.90 Å². The van der Waals surface area contributed by atoms with Crippen molar-refractivity contribution in [2.24, 2.45) is 0 Å². The van der Waals surface area contributed by atoms with Crippen LogP contribution in [0.25, 0.3) is 0 Å². The van der Waals surface area contributed by atoms with Crippen LogP contribution in [0.4, 0.5) is 5.69 Å². The first kappa shape index (κ1) is 11.8. The molecule has 1 aromatic rings. The van der Waals surface area contributed by atoms with Crippen LogP contribution in [-0.4, -0.2) is 36.6 Å². The number of anilines is 1. The molecule has 2 unspecified atom stereocenters. The first-order valence-electron chi connectivity index (χ1n) is 7.88. The molecule has 3 aliphatic heterocycles. The lowest BCUT2D eigenvalue weighted by molar-refractivity contribution is 0.156. The number of hydrogen-bond acceptors (Lipinski definition) is 2. The fourth-order valence-corrected chi connectivity index (χ4v) is 4.46. The number of likely N-dealkylation sites (tertiary alicyclic amines) is 1. The molecule has 0 N–H and O–H groups in total. The third kappa shape index (κ3) is 1.66. The predicted molar refractivity (Wildman–Crippen MR) is 80.0 cm³/mol. The Balaban J connectivity index is 1.74. The lowest BCUT2D eigenvalue weighted by atomic mass is 9.88. The highest BCUT2D eigenvalue weighted by molar-refractivity contribution is 5.68. The molecular formula is C17H24N2. The highest BCUT2D eigenvalue weighted by atomic mass is 15.2. The smallest absolute Gasteiger partial charge is 0.0438 e. The van der Waals surface area contributed by atoms with Crippen LogP contribution in [0.3, 0.4) is 0 Å². The number of piperidine rings is 1. The van der Waals surface area contributed by atoms with Crippen LogP contribution >= 0.6 is 0 Å². The van der Waals surface area contributed by atoms with E-state index in [9.17, 15) is 0 Å². The summed E-state index contributed by atoms with van der Waals surface area (Å²) < 4.78 is 0. The minimum atomic E-state index is 0.687. The van der Waals surface area contributed by atoms with Crippen molar-refractivity contribution >= 4 is 5.69 Å². The van der Waals surface area contributed by atoms with E-state index in [-0.39, 0.29) is 0 Å². The molecule has 0 bridgehead atoms. The number of hydrogen-bond donors (Lipinski definition) is 0. The fourth-order valence-electron chi connectivity index (χ4n) is 4.46. The summed E-state index contributed by atoms with van der Waals surface area (Å²) in [5, 5.41) is 0. The number of fused-ring (bicyclic) bond motifs is 3. The second-order valence-electron chi connectivity index (χ2n) is 6.70. The minimum Gasteiger partial charge on any atom is -0.367 e. The average molecular weight is 256 g/mol. The van der Waals surface area contributed by atoms with Crippen molar-refractivity contribution in [3.8, 4) is 0 Å². The van der Waals surface area contributed by atoms with E-state index in [0.717, 1.165) is 12.0 Å². The zero-order chi connectivity index (χ0) is 13.0.